The molecule has 0 amide bonds. The molecular formula is C16H12O2S. The zero-order valence-electron chi connectivity index (χ0n) is 10.1. The van der Waals surface area contributed by atoms with E-state index in [2.05, 4.69) is 0 Å². The minimum atomic E-state index is -1.49. The van der Waals surface area contributed by atoms with E-state index in [4.69, 9.17) is 0 Å². The van der Waals surface area contributed by atoms with E-state index >= 15 is 0 Å². The predicted molar refractivity (Wildman–Crippen MR) is 77.4 cm³/mol. The molecule has 0 aliphatic carbocycles. The van der Waals surface area contributed by atoms with Gasteiger partial charge in [-0.05, 0) is 11.6 Å². The summed E-state index contributed by atoms with van der Waals surface area (Å²) in [7, 11) is 0. The maximum Gasteiger partial charge on any atom is 0.204 e. The van der Waals surface area contributed by atoms with Gasteiger partial charge in [-0.25, -0.2) is 0 Å². The van der Waals surface area contributed by atoms with Crippen LogP contribution in [0.4, 0.5) is 0 Å². The van der Waals surface area contributed by atoms with Crippen molar-refractivity contribution >= 4 is 22.5 Å². The van der Waals surface area contributed by atoms with Gasteiger partial charge in [-0.1, -0.05) is 72.4 Å². The zero-order valence-corrected chi connectivity index (χ0v) is 10.9. The molecule has 3 rings (SSSR count). The highest BCUT2D eigenvalue weighted by Crippen LogP contribution is 2.49. The van der Waals surface area contributed by atoms with Gasteiger partial charge in [0.15, 0.2) is 0 Å². The summed E-state index contributed by atoms with van der Waals surface area (Å²) in [4.78, 5) is 11.4. The Labute approximate surface area is 115 Å². The number of aliphatic hydroxyl groups is 1. The third kappa shape index (κ3) is 2.11. The van der Waals surface area contributed by atoms with E-state index in [1.807, 2.05) is 48.5 Å². The van der Waals surface area contributed by atoms with E-state index in [1.165, 1.54) is 17.8 Å². The third-order valence-corrected chi connectivity index (χ3v) is 4.38. The molecule has 3 heteroatoms. The monoisotopic (exact) mass is 268 g/mol. The standard InChI is InChI=1S/C16H12O2S/c17-15-11-14(12-7-3-1-4-8-12)19-16(15,18)13-9-5-2-6-10-13/h1-11,18H. The van der Waals surface area contributed by atoms with E-state index in [1.54, 1.807) is 12.1 Å². The van der Waals surface area contributed by atoms with Crippen molar-refractivity contribution in [1.29, 1.82) is 0 Å². The lowest BCUT2D eigenvalue weighted by Gasteiger charge is -2.20. The van der Waals surface area contributed by atoms with Crippen LogP contribution in [0.3, 0.4) is 0 Å². The summed E-state index contributed by atoms with van der Waals surface area (Å²) in [5.41, 5.74) is 1.57. The van der Waals surface area contributed by atoms with Gasteiger partial charge in [-0.15, -0.1) is 0 Å². The number of thioether (sulfide) groups is 1. The van der Waals surface area contributed by atoms with Crippen LogP contribution in [-0.4, -0.2) is 10.9 Å². The van der Waals surface area contributed by atoms with Crippen LogP contribution in [0.5, 0.6) is 0 Å². The molecule has 0 bridgehead atoms. The lowest BCUT2D eigenvalue weighted by atomic mass is 10.0. The first-order valence-corrected chi connectivity index (χ1v) is 6.80. The zero-order chi connectivity index (χ0) is 13.3. The smallest absolute Gasteiger partial charge is 0.204 e. The van der Waals surface area contributed by atoms with Gasteiger partial charge in [0.25, 0.3) is 0 Å². The first-order chi connectivity index (χ1) is 9.20. The van der Waals surface area contributed by atoms with Crippen molar-refractivity contribution in [2.24, 2.45) is 0 Å². The van der Waals surface area contributed by atoms with Crippen molar-refractivity contribution in [1.82, 2.24) is 0 Å². The van der Waals surface area contributed by atoms with Gasteiger partial charge < -0.3 is 5.11 Å². The molecule has 0 radical (unpaired) electrons. The number of hydrogen-bond donors (Lipinski definition) is 1. The van der Waals surface area contributed by atoms with Gasteiger partial charge >= 0.3 is 0 Å². The van der Waals surface area contributed by atoms with Crippen LogP contribution < -0.4 is 0 Å². The summed E-state index contributed by atoms with van der Waals surface area (Å²) in [6.45, 7) is 0. The summed E-state index contributed by atoms with van der Waals surface area (Å²) in [5.74, 6) is -0.275. The number of carbonyl (C=O) groups is 1. The van der Waals surface area contributed by atoms with Crippen LogP contribution in [0.2, 0.25) is 0 Å². The van der Waals surface area contributed by atoms with Crippen LogP contribution in [-0.2, 0) is 9.73 Å². The third-order valence-electron chi connectivity index (χ3n) is 3.08. The quantitative estimate of drug-likeness (QED) is 0.909. The Morgan fingerprint density at radius 1 is 0.895 bits per heavy atom. The SMILES string of the molecule is O=C1C=C(c2ccccc2)SC1(O)c1ccccc1. The summed E-state index contributed by atoms with van der Waals surface area (Å²) < 4.78 is 0. The first kappa shape index (κ1) is 12.2. The number of benzene rings is 2. The van der Waals surface area contributed by atoms with Crippen molar-refractivity contribution in [2.75, 3.05) is 0 Å². The average Bonchev–Trinajstić information content (AvgIpc) is 2.78. The van der Waals surface area contributed by atoms with Crippen molar-refractivity contribution in [2.45, 2.75) is 4.93 Å². The second kappa shape index (κ2) is 4.68. The summed E-state index contributed by atoms with van der Waals surface area (Å²) >= 11 is 1.19. The Morgan fingerprint density at radius 2 is 1.47 bits per heavy atom. The predicted octanol–water partition coefficient (Wildman–Crippen LogP) is 3.19. The van der Waals surface area contributed by atoms with Crippen molar-refractivity contribution in [3.8, 4) is 0 Å². The van der Waals surface area contributed by atoms with Gasteiger partial charge in [0.2, 0.25) is 10.7 Å². The van der Waals surface area contributed by atoms with E-state index in [-0.39, 0.29) is 5.78 Å². The molecule has 1 unspecified atom stereocenters. The van der Waals surface area contributed by atoms with E-state index < -0.39 is 4.93 Å². The van der Waals surface area contributed by atoms with Crippen LogP contribution in [0.1, 0.15) is 11.1 Å². The molecule has 0 saturated heterocycles. The first-order valence-electron chi connectivity index (χ1n) is 5.98. The number of rotatable bonds is 2. The molecule has 2 aromatic rings. The second-order valence-electron chi connectivity index (χ2n) is 4.35. The maximum absolute atomic E-state index is 12.1. The van der Waals surface area contributed by atoms with Crippen molar-refractivity contribution in [3.05, 3.63) is 77.9 Å². The second-order valence-corrected chi connectivity index (χ2v) is 5.59. The molecule has 0 spiro atoms. The molecule has 1 aliphatic heterocycles. The molecule has 1 atom stereocenters. The molecule has 2 aromatic carbocycles. The fourth-order valence-electron chi connectivity index (χ4n) is 2.07. The lowest BCUT2D eigenvalue weighted by Crippen LogP contribution is -2.27. The highest BCUT2D eigenvalue weighted by molar-refractivity contribution is 8.10. The molecule has 1 heterocycles. The molecule has 94 valence electrons. The molecule has 1 aliphatic rings. The highest BCUT2D eigenvalue weighted by atomic mass is 32.2. The summed E-state index contributed by atoms with van der Waals surface area (Å²) in [6, 6.07) is 18.7. The Balaban J connectivity index is 1.96. The Morgan fingerprint density at radius 3 is 2.11 bits per heavy atom. The van der Waals surface area contributed by atoms with E-state index in [0.29, 0.717) is 5.56 Å². The minimum Gasteiger partial charge on any atom is -0.368 e. The fourth-order valence-corrected chi connectivity index (χ4v) is 3.22. The normalized spacial score (nSPS) is 22.4. The topological polar surface area (TPSA) is 37.3 Å². The van der Waals surface area contributed by atoms with E-state index in [0.717, 1.165) is 10.5 Å². The molecule has 1 N–H and O–H groups in total. The fraction of sp³-hybridized carbons (Fsp3) is 0.0625. The number of carbonyl (C=O) groups excluding carboxylic acids is 1. The molecule has 0 fully saturated rings. The van der Waals surface area contributed by atoms with Crippen LogP contribution in [0.15, 0.2) is 66.7 Å². The van der Waals surface area contributed by atoms with E-state index in [9.17, 15) is 9.90 Å². The minimum absolute atomic E-state index is 0.275. The molecular weight excluding hydrogens is 256 g/mol. The number of ketones is 1. The molecule has 19 heavy (non-hydrogen) atoms. The largest absolute Gasteiger partial charge is 0.368 e. The van der Waals surface area contributed by atoms with Gasteiger partial charge in [0.1, 0.15) is 0 Å². The maximum atomic E-state index is 12.1. The van der Waals surface area contributed by atoms with Gasteiger partial charge in [0.05, 0.1) is 0 Å². The van der Waals surface area contributed by atoms with Gasteiger partial charge in [-0.2, -0.15) is 0 Å². The molecule has 0 saturated carbocycles. The summed E-state index contributed by atoms with van der Waals surface area (Å²) in [6.07, 6.45) is 1.52. The van der Waals surface area contributed by atoms with Gasteiger partial charge in [0, 0.05) is 10.5 Å². The molecule has 2 nitrogen and oxygen atoms in total. The van der Waals surface area contributed by atoms with Crippen LogP contribution >= 0.6 is 11.8 Å². The summed E-state index contributed by atoms with van der Waals surface area (Å²) in [5, 5.41) is 10.6. The van der Waals surface area contributed by atoms with Gasteiger partial charge in [-0.3, -0.25) is 4.79 Å². The van der Waals surface area contributed by atoms with Crippen LogP contribution in [0.25, 0.3) is 4.91 Å². The van der Waals surface area contributed by atoms with Crippen molar-refractivity contribution in [3.63, 3.8) is 0 Å². The highest BCUT2D eigenvalue weighted by Gasteiger charge is 2.43. The Kier molecular flexibility index (Phi) is 3.01. The van der Waals surface area contributed by atoms with Crippen molar-refractivity contribution < 1.29 is 9.90 Å². The number of hydrogen-bond acceptors (Lipinski definition) is 3. The van der Waals surface area contributed by atoms with Crippen LogP contribution in [0, 0.1) is 0 Å². The Bertz CT molecular complexity index is 634. The lowest BCUT2D eigenvalue weighted by molar-refractivity contribution is -0.124. The molecule has 0 aromatic heterocycles. The Hall–Kier alpha value is -1.84. The average molecular weight is 268 g/mol.